The van der Waals surface area contributed by atoms with Crippen molar-refractivity contribution in [2.24, 2.45) is 11.8 Å². The number of hydrogen-bond acceptors (Lipinski definition) is 10. The van der Waals surface area contributed by atoms with Crippen molar-refractivity contribution < 1.29 is 47.6 Å². The fourth-order valence-electron chi connectivity index (χ4n) is 5.04. The van der Waals surface area contributed by atoms with Gasteiger partial charge in [-0.1, -0.05) is 33.8 Å². The summed E-state index contributed by atoms with van der Waals surface area (Å²) in [6.45, 7) is 7.18. The first-order chi connectivity index (χ1) is 21.4. The van der Waals surface area contributed by atoms with E-state index in [1.54, 1.807) is 58.0 Å². The van der Waals surface area contributed by atoms with Gasteiger partial charge in [0.25, 0.3) is 0 Å². The molecule has 4 atom stereocenters. The zero-order chi connectivity index (χ0) is 33.4. The second kappa shape index (κ2) is 15.3. The molecule has 0 saturated carbocycles. The molecule has 0 aromatic heterocycles. The Bertz CT molecular complexity index is 1430. The van der Waals surface area contributed by atoms with E-state index in [2.05, 4.69) is 10.6 Å². The Morgan fingerprint density at radius 1 is 0.756 bits per heavy atom. The van der Waals surface area contributed by atoms with Gasteiger partial charge in [0.2, 0.25) is 11.8 Å². The molecule has 2 amide bonds. The van der Waals surface area contributed by atoms with Crippen molar-refractivity contribution in [3.05, 3.63) is 53.1 Å². The summed E-state index contributed by atoms with van der Waals surface area (Å²) >= 11 is 0. The van der Waals surface area contributed by atoms with E-state index in [4.69, 9.17) is 28.4 Å². The third-order valence-corrected chi connectivity index (χ3v) is 7.49. The van der Waals surface area contributed by atoms with Gasteiger partial charge in [-0.3, -0.25) is 9.59 Å². The minimum absolute atomic E-state index is 0.195. The first-order valence-corrected chi connectivity index (χ1v) is 14.5. The topological polar surface area (TPSA) is 148 Å². The van der Waals surface area contributed by atoms with Crippen LogP contribution in [0.2, 0.25) is 0 Å². The number of carbonyl (C=O) groups is 4. The van der Waals surface area contributed by atoms with E-state index < -0.39 is 47.9 Å². The van der Waals surface area contributed by atoms with Gasteiger partial charge in [0.15, 0.2) is 23.0 Å². The van der Waals surface area contributed by atoms with Gasteiger partial charge < -0.3 is 39.1 Å². The molecular weight excluding hydrogens is 584 g/mol. The van der Waals surface area contributed by atoms with Crippen molar-refractivity contribution in [3.8, 4) is 23.0 Å². The Balaban J connectivity index is 2.08. The number of benzene rings is 2. The van der Waals surface area contributed by atoms with E-state index in [-0.39, 0.29) is 11.8 Å². The molecule has 12 heteroatoms. The van der Waals surface area contributed by atoms with Gasteiger partial charge in [-0.2, -0.15) is 0 Å². The quantitative estimate of drug-likeness (QED) is 0.250. The Labute approximate surface area is 263 Å². The summed E-state index contributed by atoms with van der Waals surface area (Å²) in [5.41, 5.74) is 1.63. The standard InChI is InChI=1S/C33H42N2O10/c1-17(2)27(32(38)43-8)34-25(36)13-10-19-14-21-26(31(37)35-28(18(3)4)33(39)44-9)29(45-30(21)24(15-19)42-7)20-11-12-22(40-5)23(16-20)41-6/h10-18,26-29H,1-9H3,(H,34,36)(H,35,37). The van der Waals surface area contributed by atoms with Gasteiger partial charge >= 0.3 is 11.9 Å². The molecule has 1 aliphatic rings. The second-order valence-corrected chi connectivity index (χ2v) is 11.1. The lowest BCUT2D eigenvalue weighted by atomic mass is 9.88. The molecule has 0 saturated heterocycles. The van der Waals surface area contributed by atoms with Crippen LogP contribution < -0.4 is 29.6 Å². The van der Waals surface area contributed by atoms with Crippen LogP contribution >= 0.6 is 0 Å². The first kappa shape index (κ1) is 34.7. The number of methoxy groups -OCH3 is 5. The number of rotatable bonds is 13. The van der Waals surface area contributed by atoms with Crippen LogP contribution in [0, 0.1) is 11.8 Å². The zero-order valence-corrected chi connectivity index (χ0v) is 27.1. The molecule has 0 radical (unpaired) electrons. The van der Waals surface area contributed by atoms with Gasteiger partial charge in [-0.25, -0.2) is 9.59 Å². The van der Waals surface area contributed by atoms with E-state index in [0.29, 0.717) is 39.7 Å². The summed E-state index contributed by atoms with van der Waals surface area (Å²) < 4.78 is 32.6. The number of nitrogens with one attached hydrogen (secondary N) is 2. The average Bonchev–Trinajstić information content (AvgIpc) is 3.42. The smallest absolute Gasteiger partial charge is 0.328 e. The molecular formula is C33H42N2O10. The molecule has 2 aromatic rings. The fourth-order valence-corrected chi connectivity index (χ4v) is 5.04. The highest BCUT2D eigenvalue weighted by atomic mass is 16.5. The minimum Gasteiger partial charge on any atom is -0.493 e. The van der Waals surface area contributed by atoms with Crippen LogP contribution in [0.25, 0.3) is 6.08 Å². The van der Waals surface area contributed by atoms with E-state index in [9.17, 15) is 19.2 Å². The number of carbonyl (C=O) groups excluding carboxylic acids is 4. The van der Waals surface area contributed by atoms with Gasteiger partial charge in [0.05, 0.1) is 35.5 Å². The number of ether oxygens (including phenoxy) is 6. The van der Waals surface area contributed by atoms with E-state index >= 15 is 0 Å². The maximum Gasteiger partial charge on any atom is 0.328 e. The third kappa shape index (κ3) is 7.86. The lowest BCUT2D eigenvalue weighted by molar-refractivity contribution is -0.146. The molecule has 4 unspecified atom stereocenters. The fraction of sp³-hybridized carbons (Fsp3) is 0.455. The normalized spacial score (nSPS) is 16.8. The summed E-state index contributed by atoms with van der Waals surface area (Å²) in [6, 6.07) is 6.85. The Morgan fingerprint density at radius 3 is 1.87 bits per heavy atom. The summed E-state index contributed by atoms with van der Waals surface area (Å²) in [5, 5.41) is 5.50. The molecule has 2 N–H and O–H groups in total. The molecule has 3 rings (SSSR count). The highest BCUT2D eigenvalue weighted by Crippen LogP contribution is 2.52. The van der Waals surface area contributed by atoms with Crippen LogP contribution in [0.1, 0.15) is 56.4 Å². The second-order valence-electron chi connectivity index (χ2n) is 11.1. The van der Waals surface area contributed by atoms with Crippen LogP contribution in [0.3, 0.4) is 0 Å². The maximum absolute atomic E-state index is 14.0. The predicted molar refractivity (Wildman–Crippen MR) is 165 cm³/mol. The maximum atomic E-state index is 14.0. The molecule has 244 valence electrons. The van der Waals surface area contributed by atoms with E-state index in [0.717, 1.165) is 0 Å². The molecule has 45 heavy (non-hydrogen) atoms. The lowest BCUT2D eigenvalue weighted by Crippen LogP contribution is -2.47. The van der Waals surface area contributed by atoms with Crippen molar-refractivity contribution in [1.82, 2.24) is 10.6 Å². The third-order valence-electron chi connectivity index (χ3n) is 7.49. The summed E-state index contributed by atoms with van der Waals surface area (Å²) in [5.74, 6) is -1.90. The van der Waals surface area contributed by atoms with Crippen LogP contribution in [-0.2, 0) is 28.7 Å². The van der Waals surface area contributed by atoms with Crippen molar-refractivity contribution in [2.75, 3.05) is 35.5 Å². The summed E-state index contributed by atoms with van der Waals surface area (Å²) in [6.07, 6.45) is 1.98. The van der Waals surface area contributed by atoms with Crippen molar-refractivity contribution in [1.29, 1.82) is 0 Å². The van der Waals surface area contributed by atoms with Gasteiger partial charge in [0.1, 0.15) is 24.1 Å². The molecule has 2 aromatic carbocycles. The van der Waals surface area contributed by atoms with Crippen molar-refractivity contribution >= 4 is 29.8 Å². The van der Waals surface area contributed by atoms with Crippen LogP contribution in [0.4, 0.5) is 0 Å². The Kier molecular flexibility index (Phi) is 11.8. The average molecular weight is 627 g/mol. The highest BCUT2D eigenvalue weighted by molar-refractivity contribution is 5.95. The molecule has 1 aliphatic heterocycles. The molecule has 0 aliphatic carbocycles. The van der Waals surface area contributed by atoms with Crippen molar-refractivity contribution in [2.45, 2.75) is 51.8 Å². The largest absolute Gasteiger partial charge is 0.493 e. The molecule has 0 bridgehead atoms. The van der Waals surface area contributed by atoms with E-state index in [1.165, 1.54) is 47.7 Å². The molecule has 12 nitrogen and oxygen atoms in total. The minimum atomic E-state index is -0.940. The summed E-state index contributed by atoms with van der Waals surface area (Å²) in [4.78, 5) is 51.4. The van der Waals surface area contributed by atoms with Crippen LogP contribution in [-0.4, -0.2) is 71.4 Å². The Morgan fingerprint density at radius 2 is 1.33 bits per heavy atom. The van der Waals surface area contributed by atoms with Crippen molar-refractivity contribution in [3.63, 3.8) is 0 Å². The number of esters is 2. The number of hydrogen-bond donors (Lipinski definition) is 2. The van der Waals surface area contributed by atoms with Gasteiger partial charge in [-0.05, 0) is 53.3 Å². The Hall–Kier alpha value is -4.74. The number of amides is 2. The van der Waals surface area contributed by atoms with E-state index in [1.807, 2.05) is 0 Å². The van der Waals surface area contributed by atoms with Gasteiger partial charge in [0, 0.05) is 11.6 Å². The lowest BCUT2D eigenvalue weighted by Gasteiger charge is -2.24. The SMILES string of the molecule is COC(=O)C(NC(=O)C=Cc1cc(OC)c2c(c1)C(C(=O)NC(C(=O)OC)C(C)C)C(c1ccc(OC)c(OC)c1)O2)C(C)C. The first-order valence-electron chi connectivity index (χ1n) is 14.5. The molecule has 1 heterocycles. The number of fused-ring (bicyclic) bond motifs is 1. The predicted octanol–water partition coefficient (Wildman–Crippen LogP) is 3.57. The van der Waals surface area contributed by atoms with Crippen LogP contribution in [0.5, 0.6) is 23.0 Å². The van der Waals surface area contributed by atoms with Crippen LogP contribution in [0.15, 0.2) is 36.4 Å². The monoisotopic (exact) mass is 626 g/mol. The summed E-state index contributed by atoms with van der Waals surface area (Å²) in [7, 11) is 7.01. The molecule has 0 spiro atoms. The van der Waals surface area contributed by atoms with Gasteiger partial charge in [-0.15, -0.1) is 0 Å². The highest BCUT2D eigenvalue weighted by Gasteiger charge is 2.44. The zero-order valence-electron chi connectivity index (χ0n) is 27.1. The molecule has 0 fully saturated rings.